The highest BCUT2D eigenvalue weighted by Gasteiger charge is 2.22. The molecular weight excluding hydrogens is 164 g/mol. The second kappa shape index (κ2) is 5.58. The zero-order valence-electron chi connectivity index (χ0n) is 8.83. The average Bonchev–Trinajstić information content (AvgIpc) is 2.18. The molecule has 0 aromatic carbocycles. The average molecular weight is 186 g/mol. The van der Waals surface area contributed by atoms with E-state index < -0.39 is 0 Å². The van der Waals surface area contributed by atoms with E-state index in [4.69, 9.17) is 10.5 Å². The van der Waals surface area contributed by atoms with Gasteiger partial charge in [-0.15, -0.1) is 0 Å². The first-order chi connectivity index (χ1) is 6.27. The molecule has 1 fully saturated rings. The van der Waals surface area contributed by atoms with Gasteiger partial charge in [0.2, 0.25) is 0 Å². The molecule has 3 nitrogen and oxygen atoms in total. The normalized spacial score (nSPS) is 27.5. The highest BCUT2D eigenvalue weighted by Crippen LogP contribution is 2.17. The van der Waals surface area contributed by atoms with Crippen molar-refractivity contribution in [1.29, 1.82) is 0 Å². The molecule has 78 valence electrons. The van der Waals surface area contributed by atoms with Crippen molar-refractivity contribution in [2.24, 2.45) is 11.7 Å². The lowest BCUT2D eigenvalue weighted by molar-refractivity contribution is 0.0696. The van der Waals surface area contributed by atoms with Crippen LogP contribution in [0.5, 0.6) is 0 Å². The molecule has 2 N–H and O–H groups in total. The fraction of sp³-hybridized carbons (Fsp3) is 1.00. The van der Waals surface area contributed by atoms with Crippen LogP contribution in [-0.2, 0) is 4.74 Å². The van der Waals surface area contributed by atoms with Gasteiger partial charge in [0.1, 0.15) is 0 Å². The van der Waals surface area contributed by atoms with E-state index in [-0.39, 0.29) is 0 Å². The Bertz CT molecular complexity index is 141. The van der Waals surface area contributed by atoms with Crippen LogP contribution >= 0.6 is 0 Å². The lowest BCUT2D eigenvalue weighted by atomic mass is 9.97. The highest BCUT2D eigenvalue weighted by molar-refractivity contribution is 4.77. The molecule has 13 heavy (non-hydrogen) atoms. The largest absolute Gasteiger partial charge is 0.383 e. The van der Waals surface area contributed by atoms with Crippen molar-refractivity contribution in [2.75, 3.05) is 33.4 Å². The van der Waals surface area contributed by atoms with E-state index in [1.807, 2.05) is 0 Å². The van der Waals surface area contributed by atoms with Crippen molar-refractivity contribution in [2.45, 2.75) is 25.8 Å². The number of ether oxygens (including phenoxy) is 1. The van der Waals surface area contributed by atoms with Crippen LogP contribution in [0.25, 0.3) is 0 Å². The van der Waals surface area contributed by atoms with Gasteiger partial charge in [0.15, 0.2) is 0 Å². The van der Waals surface area contributed by atoms with Gasteiger partial charge < -0.3 is 10.5 Å². The third-order valence-corrected chi connectivity index (χ3v) is 2.91. The minimum atomic E-state index is 0.541. The van der Waals surface area contributed by atoms with Gasteiger partial charge in [0.25, 0.3) is 0 Å². The quantitative estimate of drug-likeness (QED) is 0.702. The van der Waals surface area contributed by atoms with E-state index in [1.54, 1.807) is 7.11 Å². The predicted octanol–water partition coefficient (Wildman–Crippen LogP) is 0.692. The van der Waals surface area contributed by atoms with Crippen LogP contribution in [0.1, 0.15) is 19.8 Å². The zero-order chi connectivity index (χ0) is 9.68. The third kappa shape index (κ3) is 3.25. The van der Waals surface area contributed by atoms with Gasteiger partial charge in [-0.2, -0.15) is 0 Å². The molecule has 1 aliphatic heterocycles. The second-order valence-corrected chi connectivity index (χ2v) is 4.04. The summed E-state index contributed by atoms with van der Waals surface area (Å²) in [5.41, 5.74) is 5.68. The van der Waals surface area contributed by atoms with Crippen molar-refractivity contribution in [1.82, 2.24) is 4.90 Å². The zero-order valence-corrected chi connectivity index (χ0v) is 8.83. The minimum absolute atomic E-state index is 0.541. The molecule has 0 radical (unpaired) electrons. The number of methoxy groups -OCH3 is 1. The Kier molecular flexibility index (Phi) is 4.70. The van der Waals surface area contributed by atoms with E-state index in [0.717, 1.165) is 19.7 Å². The Morgan fingerprint density at radius 3 is 3.00 bits per heavy atom. The van der Waals surface area contributed by atoms with Crippen LogP contribution in [0.4, 0.5) is 0 Å². The molecule has 3 heteroatoms. The Hall–Kier alpha value is -0.120. The van der Waals surface area contributed by atoms with Gasteiger partial charge in [-0.25, -0.2) is 0 Å². The van der Waals surface area contributed by atoms with E-state index >= 15 is 0 Å². The van der Waals surface area contributed by atoms with Gasteiger partial charge in [0, 0.05) is 19.7 Å². The van der Waals surface area contributed by atoms with E-state index in [2.05, 4.69) is 11.8 Å². The molecule has 0 saturated carbocycles. The Morgan fingerprint density at radius 1 is 1.62 bits per heavy atom. The summed E-state index contributed by atoms with van der Waals surface area (Å²) in [4.78, 5) is 2.49. The Labute approximate surface area is 81.2 Å². The SMILES string of the molecule is COCC(C)N1CCCC(CN)C1. The predicted molar refractivity (Wildman–Crippen MR) is 54.7 cm³/mol. The van der Waals surface area contributed by atoms with Crippen molar-refractivity contribution >= 4 is 0 Å². The Balaban J connectivity index is 2.32. The fourth-order valence-electron chi connectivity index (χ4n) is 2.04. The van der Waals surface area contributed by atoms with Crippen LogP contribution < -0.4 is 5.73 Å². The maximum Gasteiger partial charge on any atom is 0.0615 e. The summed E-state index contributed by atoms with van der Waals surface area (Å²) in [6, 6.07) is 0.541. The highest BCUT2D eigenvalue weighted by atomic mass is 16.5. The van der Waals surface area contributed by atoms with E-state index in [1.165, 1.54) is 19.4 Å². The molecule has 1 saturated heterocycles. The second-order valence-electron chi connectivity index (χ2n) is 4.04. The van der Waals surface area contributed by atoms with Crippen molar-refractivity contribution in [3.8, 4) is 0 Å². The maximum atomic E-state index is 5.68. The number of nitrogens with zero attached hydrogens (tertiary/aromatic N) is 1. The molecule has 0 aromatic rings. The number of likely N-dealkylation sites (tertiary alicyclic amines) is 1. The van der Waals surface area contributed by atoms with E-state index in [9.17, 15) is 0 Å². The van der Waals surface area contributed by atoms with Crippen molar-refractivity contribution in [3.63, 3.8) is 0 Å². The van der Waals surface area contributed by atoms with Gasteiger partial charge in [-0.05, 0) is 38.8 Å². The summed E-state index contributed by atoms with van der Waals surface area (Å²) >= 11 is 0. The lowest BCUT2D eigenvalue weighted by Gasteiger charge is -2.36. The molecule has 0 spiro atoms. The van der Waals surface area contributed by atoms with Crippen LogP contribution in [0.2, 0.25) is 0 Å². The summed E-state index contributed by atoms with van der Waals surface area (Å²) in [7, 11) is 1.76. The van der Waals surface area contributed by atoms with Crippen molar-refractivity contribution in [3.05, 3.63) is 0 Å². The molecule has 1 aliphatic rings. The number of rotatable bonds is 4. The molecule has 1 heterocycles. The molecule has 0 aliphatic carbocycles. The van der Waals surface area contributed by atoms with Crippen molar-refractivity contribution < 1.29 is 4.74 Å². The summed E-state index contributed by atoms with van der Waals surface area (Å²) in [6.45, 7) is 6.25. The monoisotopic (exact) mass is 186 g/mol. The minimum Gasteiger partial charge on any atom is -0.383 e. The van der Waals surface area contributed by atoms with Gasteiger partial charge >= 0.3 is 0 Å². The summed E-state index contributed by atoms with van der Waals surface area (Å²) < 4.78 is 5.15. The van der Waals surface area contributed by atoms with Gasteiger partial charge in [0.05, 0.1) is 6.61 Å². The first kappa shape index (κ1) is 11.0. The number of nitrogens with two attached hydrogens (primary N) is 1. The third-order valence-electron chi connectivity index (χ3n) is 2.91. The Morgan fingerprint density at radius 2 is 2.38 bits per heavy atom. The molecular formula is C10H22N2O. The van der Waals surface area contributed by atoms with Crippen LogP contribution in [-0.4, -0.2) is 44.3 Å². The standard InChI is InChI=1S/C10H22N2O/c1-9(8-13-2)12-5-3-4-10(6-11)7-12/h9-10H,3-8,11H2,1-2H3. The summed E-state index contributed by atoms with van der Waals surface area (Å²) in [5, 5.41) is 0. The van der Waals surface area contributed by atoms with Crippen LogP contribution in [0, 0.1) is 5.92 Å². The molecule has 0 amide bonds. The number of hydrogen-bond donors (Lipinski definition) is 1. The molecule has 1 rings (SSSR count). The maximum absolute atomic E-state index is 5.68. The number of hydrogen-bond acceptors (Lipinski definition) is 3. The first-order valence-electron chi connectivity index (χ1n) is 5.21. The van der Waals surface area contributed by atoms with Gasteiger partial charge in [-0.1, -0.05) is 0 Å². The smallest absolute Gasteiger partial charge is 0.0615 e. The van der Waals surface area contributed by atoms with Crippen LogP contribution in [0.15, 0.2) is 0 Å². The summed E-state index contributed by atoms with van der Waals surface area (Å²) in [5.74, 6) is 0.702. The van der Waals surface area contributed by atoms with Gasteiger partial charge in [-0.3, -0.25) is 4.90 Å². The van der Waals surface area contributed by atoms with Crippen LogP contribution in [0.3, 0.4) is 0 Å². The summed E-state index contributed by atoms with van der Waals surface area (Å²) in [6.07, 6.45) is 2.59. The lowest BCUT2D eigenvalue weighted by Crippen LogP contribution is -2.44. The van der Waals surface area contributed by atoms with E-state index in [0.29, 0.717) is 12.0 Å². The molecule has 2 unspecified atom stereocenters. The molecule has 0 aromatic heterocycles. The number of piperidine rings is 1. The fourth-order valence-corrected chi connectivity index (χ4v) is 2.04. The molecule has 2 atom stereocenters. The first-order valence-corrected chi connectivity index (χ1v) is 5.21. The topological polar surface area (TPSA) is 38.5 Å². The molecule has 0 bridgehead atoms.